The van der Waals surface area contributed by atoms with Crippen LogP contribution < -0.4 is 0 Å². The van der Waals surface area contributed by atoms with E-state index in [0.29, 0.717) is 13.2 Å². The maximum absolute atomic E-state index is 11.1. The zero-order valence-corrected chi connectivity index (χ0v) is 10.4. The molecule has 16 heavy (non-hydrogen) atoms. The number of hydrogen-bond donors (Lipinski definition) is 0. The highest BCUT2D eigenvalue weighted by atomic mass is 16.5. The van der Waals surface area contributed by atoms with Gasteiger partial charge in [0.2, 0.25) is 0 Å². The van der Waals surface area contributed by atoms with Gasteiger partial charge < -0.3 is 9.47 Å². The monoisotopic (exact) mass is 228 g/mol. The summed E-state index contributed by atoms with van der Waals surface area (Å²) < 4.78 is 9.69. The Labute approximate surface area is 96.6 Å². The lowest BCUT2D eigenvalue weighted by Gasteiger charge is -2.05. The molecule has 0 saturated carbocycles. The molecule has 0 spiro atoms. The van der Waals surface area contributed by atoms with Crippen molar-refractivity contribution in [1.29, 1.82) is 0 Å². The van der Waals surface area contributed by atoms with Gasteiger partial charge in [-0.05, 0) is 11.8 Å². The van der Waals surface area contributed by atoms with Crippen LogP contribution in [-0.4, -0.2) is 25.2 Å². The highest BCUT2D eigenvalue weighted by molar-refractivity contribution is 5.91. The summed E-state index contributed by atoms with van der Waals surface area (Å²) in [6, 6.07) is 0. The van der Waals surface area contributed by atoms with Gasteiger partial charge in [0.25, 0.3) is 0 Å². The molecule has 4 heteroatoms. The molecular weight excluding hydrogens is 208 g/mol. The number of carbonyl (C=O) groups is 2. The Bertz CT molecular complexity index is 228. The fourth-order valence-electron chi connectivity index (χ4n) is 0.730. The average molecular weight is 228 g/mol. The van der Waals surface area contributed by atoms with Crippen molar-refractivity contribution in [2.45, 2.75) is 27.7 Å². The van der Waals surface area contributed by atoms with Crippen LogP contribution in [0.25, 0.3) is 0 Å². The van der Waals surface area contributed by atoms with Crippen molar-refractivity contribution in [1.82, 2.24) is 0 Å². The van der Waals surface area contributed by atoms with Crippen molar-refractivity contribution in [3.05, 3.63) is 12.2 Å². The second-order valence-corrected chi connectivity index (χ2v) is 4.38. The molecule has 0 amide bonds. The normalized spacial score (nSPS) is 11.1. The second-order valence-electron chi connectivity index (χ2n) is 4.38. The third-order valence-electron chi connectivity index (χ3n) is 1.47. The van der Waals surface area contributed by atoms with E-state index in [4.69, 9.17) is 9.47 Å². The average Bonchev–Trinajstić information content (AvgIpc) is 2.20. The molecule has 0 saturated heterocycles. The fourth-order valence-corrected chi connectivity index (χ4v) is 0.730. The van der Waals surface area contributed by atoms with Gasteiger partial charge in [-0.3, -0.25) is 0 Å². The molecule has 0 aromatic carbocycles. The largest absolute Gasteiger partial charge is 0.462 e. The molecule has 0 fully saturated rings. The molecule has 0 heterocycles. The zero-order valence-electron chi connectivity index (χ0n) is 10.4. The van der Waals surface area contributed by atoms with Crippen molar-refractivity contribution >= 4 is 11.9 Å². The number of esters is 2. The van der Waals surface area contributed by atoms with Gasteiger partial charge in [0.1, 0.15) is 0 Å². The summed E-state index contributed by atoms with van der Waals surface area (Å²) in [5, 5.41) is 0. The van der Waals surface area contributed by atoms with Crippen LogP contribution in [0.3, 0.4) is 0 Å². The van der Waals surface area contributed by atoms with E-state index in [2.05, 4.69) is 0 Å². The van der Waals surface area contributed by atoms with Gasteiger partial charge in [0, 0.05) is 12.2 Å². The van der Waals surface area contributed by atoms with Crippen LogP contribution in [0.15, 0.2) is 12.2 Å². The molecule has 0 rings (SSSR count). The third kappa shape index (κ3) is 9.24. The predicted molar refractivity (Wildman–Crippen MR) is 60.7 cm³/mol. The minimum Gasteiger partial charge on any atom is -0.462 e. The number of carbonyl (C=O) groups excluding carboxylic acids is 2. The van der Waals surface area contributed by atoms with Crippen molar-refractivity contribution in [2.75, 3.05) is 13.2 Å². The molecule has 0 radical (unpaired) electrons. The lowest BCUT2D eigenvalue weighted by Crippen LogP contribution is -2.10. The van der Waals surface area contributed by atoms with E-state index in [1.165, 1.54) is 0 Å². The Kier molecular flexibility index (Phi) is 7.25. The first-order valence-electron chi connectivity index (χ1n) is 5.43. The highest BCUT2D eigenvalue weighted by Gasteiger charge is 2.03. The maximum atomic E-state index is 11.1. The number of hydrogen-bond acceptors (Lipinski definition) is 4. The predicted octanol–water partition coefficient (Wildman–Crippen LogP) is 1.94. The Balaban J connectivity index is 3.80. The van der Waals surface area contributed by atoms with E-state index in [0.717, 1.165) is 12.2 Å². The first-order valence-corrected chi connectivity index (χ1v) is 5.43. The van der Waals surface area contributed by atoms with Crippen LogP contribution in [0, 0.1) is 11.8 Å². The van der Waals surface area contributed by atoms with Gasteiger partial charge in [-0.1, -0.05) is 27.7 Å². The quantitative estimate of drug-likeness (QED) is 0.515. The van der Waals surface area contributed by atoms with Gasteiger partial charge in [-0.2, -0.15) is 0 Å². The fraction of sp³-hybridized carbons (Fsp3) is 0.667. The van der Waals surface area contributed by atoms with Crippen LogP contribution >= 0.6 is 0 Å². The van der Waals surface area contributed by atoms with E-state index < -0.39 is 11.9 Å². The van der Waals surface area contributed by atoms with E-state index in [9.17, 15) is 9.59 Å². The molecule has 0 aromatic heterocycles. The molecule has 0 aliphatic carbocycles. The molecular formula is C12H20O4. The molecule has 0 N–H and O–H groups in total. The first-order chi connectivity index (χ1) is 7.41. The van der Waals surface area contributed by atoms with Crippen molar-refractivity contribution in [3.63, 3.8) is 0 Å². The molecule has 4 nitrogen and oxygen atoms in total. The first kappa shape index (κ1) is 14.7. The van der Waals surface area contributed by atoms with Gasteiger partial charge in [0.05, 0.1) is 13.2 Å². The smallest absolute Gasteiger partial charge is 0.331 e. The lowest BCUT2D eigenvalue weighted by molar-refractivity contribution is -0.141. The number of rotatable bonds is 6. The van der Waals surface area contributed by atoms with Crippen LogP contribution in [0.2, 0.25) is 0 Å². The standard InChI is InChI=1S/C12H20O4/c1-9(2)7-15-11(13)5-6-12(14)16-8-10(3)4/h5-6,9-10H,7-8H2,1-4H3. The van der Waals surface area contributed by atoms with Crippen LogP contribution in [0.5, 0.6) is 0 Å². The maximum Gasteiger partial charge on any atom is 0.331 e. The third-order valence-corrected chi connectivity index (χ3v) is 1.47. The van der Waals surface area contributed by atoms with Gasteiger partial charge in [-0.25, -0.2) is 9.59 Å². The van der Waals surface area contributed by atoms with E-state index in [-0.39, 0.29) is 11.8 Å². The van der Waals surface area contributed by atoms with Crippen LogP contribution in [-0.2, 0) is 19.1 Å². The molecule has 0 atom stereocenters. The minimum absolute atomic E-state index is 0.283. The summed E-state index contributed by atoms with van der Waals surface area (Å²) in [6.07, 6.45) is 2.18. The van der Waals surface area contributed by atoms with Crippen LogP contribution in [0.1, 0.15) is 27.7 Å². The minimum atomic E-state index is -0.518. The Morgan fingerprint density at radius 1 is 0.875 bits per heavy atom. The molecule has 92 valence electrons. The molecule has 0 aliphatic rings. The summed E-state index contributed by atoms with van der Waals surface area (Å²) in [7, 11) is 0. The van der Waals surface area contributed by atoms with E-state index >= 15 is 0 Å². The second kappa shape index (κ2) is 7.91. The highest BCUT2D eigenvalue weighted by Crippen LogP contribution is 1.95. The summed E-state index contributed by atoms with van der Waals surface area (Å²) in [5.41, 5.74) is 0. The molecule has 0 aromatic rings. The topological polar surface area (TPSA) is 52.6 Å². The Hall–Kier alpha value is -1.32. The summed E-state index contributed by atoms with van der Waals surface area (Å²) in [6.45, 7) is 8.46. The van der Waals surface area contributed by atoms with Crippen LogP contribution in [0.4, 0.5) is 0 Å². The Morgan fingerprint density at radius 2 is 1.19 bits per heavy atom. The van der Waals surface area contributed by atoms with Gasteiger partial charge in [-0.15, -0.1) is 0 Å². The van der Waals surface area contributed by atoms with Crippen molar-refractivity contribution < 1.29 is 19.1 Å². The summed E-state index contributed by atoms with van der Waals surface area (Å²) in [4.78, 5) is 22.1. The molecule has 0 bridgehead atoms. The zero-order chi connectivity index (χ0) is 12.6. The van der Waals surface area contributed by atoms with Gasteiger partial charge in [0.15, 0.2) is 0 Å². The lowest BCUT2D eigenvalue weighted by atomic mass is 10.2. The van der Waals surface area contributed by atoms with E-state index in [1.807, 2.05) is 27.7 Å². The van der Waals surface area contributed by atoms with Gasteiger partial charge >= 0.3 is 11.9 Å². The Morgan fingerprint density at radius 3 is 1.44 bits per heavy atom. The summed E-state index contributed by atoms with van der Waals surface area (Å²) >= 11 is 0. The van der Waals surface area contributed by atoms with Crippen molar-refractivity contribution in [3.8, 4) is 0 Å². The molecule has 0 unspecified atom stereocenters. The summed E-state index contributed by atoms with van der Waals surface area (Å²) in [5.74, 6) is -0.471. The van der Waals surface area contributed by atoms with Crippen molar-refractivity contribution in [2.24, 2.45) is 11.8 Å². The SMILES string of the molecule is CC(C)COC(=O)C=CC(=O)OCC(C)C. The van der Waals surface area contributed by atoms with E-state index in [1.54, 1.807) is 0 Å². The molecule has 0 aliphatic heterocycles. The number of ether oxygens (including phenoxy) is 2.